The predicted molar refractivity (Wildman–Crippen MR) is 109 cm³/mol. The highest BCUT2D eigenvalue weighted by Gasteiger charge is 2.11. The number of aryl methyl sites for hydroxylation is 1. The fourth-order valence-corrected chi connectivity index (χ4v) is 2.89. The summed E-state index contributed by atoms with van der Waals surface area (Å²) < 4.78 is 0. The Labute approximate surface area is 157 Å². The van der Waals surface area contributed by atoms with Crippen LogP contribution in [0.4, 0.5) is 0 Å². The molecular weight excluding hydrogens is 326 g/mol. The van der Waals surface area contributed by atoms with Crippen LogP contribution in [0, 0.1) is 6.92 Å². The minimum atomic E-state index is 0.718. The number of rotatable bonds is 9. The number of hydrogen-bond acceptors (Lipinski definition) is 2. The Kier molecular flexibility index (Phi) is 8.40. The van der Waals surface area contributed by atoms with Crippen LogP contribution in [-0.2, 0) is 13.1 Å². The molecular formula is C21H29N3S. The van der Waals surface area contributed by atoms with Gasteiger partial charge in [0.05, 0.1) is 12.2 Å². The molecule has 0 saturated carbocycles. The fourth-order valence-electron chi connectivity index (χ4n) is 2.66. The van der Waals surface area contributed by atoms with Crippen LogP contribution in [0.25, 0.3) is 0 Å². The second-order valence-corrected chi connectivity index (χ2v) is 6.84. The van der Waals surface area contributed by atoms with Gasteiger partial charge in [0.1, 0.15) is 0 Å². The largest absolute Gasteiger partial charge is 0.363 e. The topological polar surface area (TPSA) is 28.2 Å². The highest BCUT2D eigenvalue weighted by atomic mass is 32.1. The number of thiocarbonyl (C=S) groups is 1. The van der Waals surface area contributed by atoms with E-state index in [1.807, 2.05) is 24.4 Å². The van der Waals surface area contributed by atoms with E-state index in [0.717, 1.165) is 36.9 Å². The summed E-state index contributed by atoms with van der Waals surface area (Å²) in [6.45, 7) is 6.78. The summed E-state index contributed by atoms with van der Waals surface area (Å²) in [6, 6.07) is 14.7. The SMILES string of the molecule is CCCCCCNC(=S)N(Cc1ccc(C)cc1)Cc1ccccn1. The summed E-state index contributed by atoms with van der Waals surface area (Å²) in [5, 5.41) is 4.23. The number of nitrogens with zero attached hydrogens (tertiary/aromatic N) is 2. The van der Waals surface area contributed by atoms with Gasteiger partial charge in [0.2, 0.25) is 0 Å². The Balaban J connectivity index is 1.97. The molecule has 2 rings (SSSR count). The third kappa shape index (κ3) is 7.22. The van der Waals surface area contributed by atoms with Gasteiger partial charge in [-0.1, -0.05) is 62.1 Å². The summed E-state index contributed by atoms with van der Waals surface area (Å²) in [6.07, 6.45) is 6.79. The molecule has 3 nitrogen and oxygen atoms in total. The van der Waals surface area contributed by atoms with Crippen molar-refractivity contribution < 1.29 is 0 Å². The lowest BCUT2D eigenvalue weighted by molar-refractivity contribution is 0.393. The maximum atomic E-state index is 5.66. The van der Waals surface area contributed by atoms with Gasteiger partial charge in [-0.25, -0.2) is 0 Å². The van der Waals surface area contributed by atoms with Gasteiger partial charge >= 0.3 is 0 Å². The van der Waals surface area contributed by atoms with Crippen LogP contribution in [0.5, 0.6) is 0 Å². The predicted octanol–water partition coefficient (Wildman–Crippen LogP) is 4.85. The molecule has 0 atom stereocenters. The fraction of sp³-hybridized carbons (Fsp3) is 0.429. The standard InChI is InChI=1S/C21H29N3S/c1-3-4-5-7-15-23-21(25)24(17-20-9-6-8-14-22-20)16-19-12-10-18(2)11-13-19/h6,8-14H,3-5,7,15-17H2,1-2H3,(H,23,25). The first-order valence-corrected chi connectivity index (χ1v) is 9.58. The Bertz CT molecular complexity index is 625. The van der Waals surface area contributed by atoms with E-state index < -0.39 is 0 Å². The normalized spacial score (nSPS) is 10.5. The van der Waals surface area contributed by atoms with Gasteiger partial charge < -0.3 is 10.2 Å². The highest BCUT2D eigenvalue weighted by molar-refractivity contribution is 7.80. The first-order chi connectivity index (χ1) is 12.2. The van der Waals surface area contributed by atoms with Crippen LogP contribution in [0.3, 0.4) is 0 Å². The van der Waals surface area contributed by atoms with Gasteiger partial charge in [0.25, 0.3) is 0 Å². The lowest BCUT2D eigenvalue weighted by atomic mass is 10.1. The molecule has 0 saturated heterocycles. The summed E-state index contributed by atoms with van der Waals surface area (Å²) in [5.74, 6) is 0. The van der Waals surface area contributed by atoms with Crippen molar-refractivity contribution in [2.75, 3.05) is 6.54 Å². The maximum absolute atomic E-state index is 5.66. The summed E-state index contributed by atoms with van der Waals surface area (Å²) in [5.41, 5.74) is 3.57. The Morgan fingerprint density at radius 2 is 1.84 bits per heavy atom. The van der Waals surface area contributed by atoms with E-state index in [-0.39, 0.29) is 0 Å². The molecule has 1 aromatic heterocycles. The van der Waals surface area contributed by atoms with E-state index in [2.05, 4.69) is 53.3 Å². The number of benzene rings is 1. The van der Waals surface area contributed by atoms with Crippen molar-refractivity contribution in [3.63, 3.8) is 0 Å². The summed E-state index contributed by atoms with van der Waals surface area (Å²) >= 11 is 5.66. The lowest BCUT2D eigenvalue weighted by Gasteiger charge is -2.26. The number of nitrogens with one attached hydrogen (secondary N) is 1. The van der Waals surface area contributed by atoms with Gasteiger partial charge in [-0.3, -0.25) is 4.98 Å². The maximum Gasteiger partial charge on any atom is 0.169 e. The molecule has 0 unspecified atom stereocenters. The third-order valence-corrected chi connectivity index (χ3v) is 4.57. The molecule has 0 spiro atoms. The Morgan fingerprint density at radius 3 is 2.52 bits per heavy atom. The van der Waals surface area contributed by atoms with Crippen LogP contribution >= 0.6 is 12.2 Å². The number of unbranched alkanes of at least 4 members (excludes halogenated alkanes) is 3. The average Bonchev–Trinajstić information content (AvgIpc) is 2.63. The third-order valence-electron chi connectivity index (χ3n) is 4.17. The van der Waals surface area contributed by atoms with E-state index in [4.69, 9.17) is 12.2 Å². The molecule has 2 aromatic rings. The second-order valence-electron chi connectivity index (χ2n) is 6.46. The van der Waals surface area contributed by atoms with E-state index in [0.29, 0.717) is 0 Å². The smallest absolute Gasteiger partial charge is 0.169 e. The first-order valence-electron chi connectivity index (χ1n) is 9.17. The summed E-state index contributed by atoms with van der Waals surface area (Å²) in [4.78, 5) is 6.64. The Hall–Kier alpha value is -1.94. The molecule has 0 aliphatic carbocycles. The molecule has 1 heterocycles. The minimum Gasteiger partial charge on any atom is -0.363 e. The zero-order valence-electron chi connectivity index (χ0n) is 15.4. The van der Waals surface area contributed by atoms with E-state index in [1.165, 1.54) is 30.4 Å². The summed E-state index contributed by atoms with van der Waals surface area (Å²) in [7, 11) is 0. The molecule has 25 heavy (non-hydrogen) atoms. The van der Waals surface area contributed by atoms with Gasteiger partial charge in [0.15, 0.2) is 5.11 Å². The van der Waals surface area contributed by atoms with Crippen molar-refractivity contribution in [3.8, 4) is 0 Å². The zero-order valence-corrected chi connectivity index (χ0v) is 16.2. The number of hydrogen-bond donors (Lipinski definition) is 1. The van der Waals surface area contributed by atoms with Crippen LogP contribution in [-0.4, -0.2) is 21.5 Å². The molecule has 1 aromatic carbocycles. The van der Waals surface area contributed by atoms with Crippen LogP contribution < -0.4 is 5.32 Å². The van der Waals surface area contributed by atoms with E-state index in [1.54, 1.807) is 0 Å². The van der Waals surface area contributed by atoms with Crippen molar-refractivity contribution in [1.29, 1.82) is 0 Å². The second kappa shape index (κ2) is 10.8. The molecule has 0 radical (unpaired) electrons. The number of pyridine rings is 1. The van der Waals surface area contributed by atoms with Crippen LogP contribution in [0.2, 0.25) is 0 Å². The van der Waals surface area contributed by atoms with Crippen molar-refractivity contribution >= 4 is 17.3 Å². The van der Waals surface area contributed by atoms with Crippen molar-refractivity contribution in [2.45, 2.75) is 52.6 Å². The van der Waals surface area contributed by atoms with Crippen LogP contribution in [0.1, 0.15) is 49.4 Å². The first kappa shape index (κ1) is 19.4. The van der Waals surface area contributed by atoms with Gasteiger partial charge in [0, 0.05) is 19.3 Å². The molecule has 0 aliphatic heterocycles. The van der Waals surface area contributed by atoms with Gasteiger partial charge in [-0.15, -0.1) is 0 Å². The average molecular weight is 356 g/mol. The number of aromatic nitrogens is 1. The zero-order chi connectivity index (χ0) is 17.9. The molecule has 0 aliphatic rings. The lowest BCUT2D eigenvalue weighted by Crippen LogP contribution is -2.39. The van der Waals surface area contributed by atoms with Crippen molar-refractivity contribution in [3.05, 3.63) is 65.5 Å². The van der Waals surface area contributed by atoms with Crippen molar-refractivity contribution in [1.82, 2.24) is 15.2 Å². The molecule has 0 bridgehead atoms. The molecule has 4 heteroatoms. The highest BCUT2D eigenvalue weighted by Crippen LogP contribution is 2.11. The van der Waals surface area contributed by atoms with Crippen LogP contribution in [0.15, 0.2) is 48.7 Å². The van der Waals surface area contributed by atoms with E-state index in [9.17, 15) is 0 Å². The van der Waals surface area contributed by atoms with Gasteiger partial charge in [-0.2, -0.15) is 0 Å². The molecule has 134 valence electrons. The van der Waals surface area contributed by atoms with Crippen molar-refractivity contribution in [2.24, 2.45) is 0 Å². The molecule has 1 N–H and O–H groups in total. The van der Waals surface area contributed by atoms with E-state index >= 15 is 0 Å². The molecule has 0 fully saturated rings. The monoisotopic (exact) mass is 355 g/mol. The Morgan fingerprint density at radius 1 is 1.04 bits per heavy atom. The molecule has 0 amide bonds. The minimum absolute atomic E-state index is 0.718. The quantitative estimate of drug-likeness (QED) is 0.514. The van der Waals surface area contributed by atoms with Gasteiger partial charge in [-0.05, 0) is 43.3 Å².